The van der Waals surface area contributed by atoms with Crippen LogP contribution in [0.2, 0.25) is 0 Å². The lowest BCUT2D eigenvalue weighted by Crippen LogP contribution is -2.31. The number of fused-ring (bicyclic) bond motifs is 1. The minimum atomic E-state index is 0.566. The van der Waals surface area contributed by atoms with E-state index >= 15 is 0 Å². The Morgan fingerprint density at radius 1 is 1.60 bits per heavy atom. The Morgan fingerprint density at radius 3 is 3.50 bits per heavy atom. The first-order valence-corrected chi connectivity index (χ1v) is 3.75. The fourth-order valence-corrected chi connectivity index (χ4v) is 1.45. The van der Waals surface area contributed by atoms with Crippen molar-refractivity contribution in [1.82, 2.24) is 4.99 Å². The second-order valence-electron chi connectivity index (χ2n) is 2.76. The molecule has 0 saturated heterocycles. The first kappa shape index (κ1) is 6.10. The summed E-state index contributed by atoms with van der Waals surface area (Å²) in [7, 11) is 0. The Kier molecular flexibility index (Phi) is 1.55. The molecule has 1 unspecified atom stereocenters. The molecule has 2 heteroatoms. The van der Waals surface area contributed by atoms with Crippen molar-refractivity contribution in [1.29, 1.82) is 0 Å². The van der Waals surface area contributed by atoms with Crippen LogP contribution in [0, 0.1) is 5.92 Å². The SMILES string of the molecule is C1=CC2=[N+]COCC2CC1. The van der Waals surface area contributed by atoms with Crippen LogP contribution in [0.25, 0.3) is 0 Å². The molecule has 0 aromatic heterocycles. The fraction of sp³-hybridized carbons (Fsp3) is 0.625. The van der Waals surface area contributed by atoms with Gasteiger partial charge in [-0.2, -0.15) is 0 Å². The highest BCUT2D eigenvalue weighted by atomic mass is 16.5. The zero-order chi connectivity index (χ0) is 6.81. The predicted molar refractivity (Wildman–Crippen MR) is 39.8 cm³/mol. The Hall–Kier alpha value is -0.630. The molecule has 0 N–H and O–H groups in total. The third-order valence-corrected chi connectivity index (χ3v) is 2.05. The first-order chi connectivity index (χ1) is 4.97. The highest BCUT2D eigenvalue weighted by Gasteiger charge is 2.28. The van der Waals surface area contributed by atoms with Crippen molar-refractivity contribution in [2.75, 3.05) is 13.3 Å². The number of rotatable bonds is 0. The first-order valence-electron chi connectivity index (χ1n) is 3.75. The van der Waals surface area contributed by atoms with Crippen molar-refractivity contribution in [3.8, 4) is 0 Å². The molecule has 0 aromatic carbocycles. The Morgan fingerprint density at radius 2 is 2.60 bits per heavy atom. The molecule has 1 aliphatic carbocycles. The largest absolute Gasteiger partial charge is 0.318 e. The van der Waals surface area contributed by atoms with Crippen molar-refractivity contribution < 1.29 is 4.74 Å². The monoisotopic (exact) mass is 137 g/mol. The Labute approximate surface area is 60.6 Å². The van der Waals surface area contributed by atoms with E-state index in [0.717, 1.165) is 6.61 Å². The minimum Gasteiger partial charge on any atom is -0.318 e. The van der Waals surface area contributed by atoms with Gasteiger partial charge in [0.15, 0.2) is 0 Å². The molecule has 10 heavy (non-hydrogen) atoms. The van der Waals surface area contributed by atoms with Crippen LogP contribution < -0.4 is 4.99 Å². The van der Waals surface area contributed by atoms with Crippen LogP contribution >= 0.6 is 0 Å². The van der Waals surface area contributed by atoms with Crippen LogP contribution in [0.1, 0.15) is 12.8 Å². The molecule has 1 heterocycles. The van der Waals surface area contributed by atoms with Gasteiger partial charge in [0.25, 0.3) is 5.71 Å². The van der Waals surface area contributed by atoms with Crippen LogP contribution in [0.3, 0.4) is 0 Å². The smallest absolute Gasteiger partial charge is 0.313 e. The summed E-state index contributed by atoms with van der Waals surface area (Å²) in [6, 6.07) is 0. The van der Waals surface area contributed by atoms with Crippen LogP contribution in [-0.4, -0.2) is 19.0 Å². The van der Waals surface area contributed by atoms with Crippen molar-refractivity contribution in [3.63, 3.8) is 0 Å². The number of hydrogen-bond acceptors (Lipinski definition) is 2. The molecule has 0 saturated carbocycles. The van der Waals surface area contributed by atoms with E-state index in [-0.39, 0.29) is 0 Å². The number of nitrogens with zero attached hydrogens (tertiary/aromatic N) is 1. The molecule has 2 nitrogen and oxygen atoms in total. The maximum atomic E-state index is 5.22. The molecule has 2 rings (SSSR count). The molecule has 1 aliphatic heterocycles. The number of allylic oxidation sites excluding steroid dienone is 2. The third kappa shape index (κ3) is 0.991. The summed E-state index contributed by atoms with van der Waals surface area (Å²) in [6.45, 7) is 1.44. The van der Waals surface area contributed by atoms with Crippen molar-refractivity contribution >= 4 is 5.71 Å². The summed E-state index contributed by atoms with van der Waals surface area (Å²) in [5, 5.41) is 0. The molecule has 1 atom stereocenters. The van der Waals surface area contributed by atoms with Crippen LogP contribution in [0.15, 0.2) is 12.2 Å². The van der Waals surface area contributed by atoms with E-state index < -0.39 is 0 Å². The van der Waals surface area contributed by atoms with Gasteiger partial charge in [0.2, 0.25) is 0 Å². The minimum absolute atomic E-state index is 0.566. The van der Waals surface area contributed by atoms with E-state index in [1.165, 1.54) is 18.6 Å². The second-order valence-corrected chi connectivity index (χ2v) is 2.76. The maximum absolute atomic E-state index is 5.22. The fourth-order valence-electron chi connectivity index (χ4n) is 1.45. The van der Waals surface area contributed by atoms with Gasteiger partial charge in [0.1, 0.15) is 0 Å². The van der Waals surface area contributed by atoms with E-state index in [2.05, 4.69) is 17.1 Å². The molecule has 0 amide bonds. The summed E-state index contributed by atoms with van der Waals surface area (Å²) in [4.78, 5) is 4.26. The van der Waals surface area contributed by atoms with Crippen molar-refractivity contribution in [2.24, 2.45) is 5.92 Å². The van der Waals surface area contributed by atoms with Crippen LogP contribution in [-0.2, 0) is 4.74 Å². The van der Waals surface area contributed by atoms with Gasteiger partial charge in [-0.3, -0.25) is 0 Å². The number of aliphatic imine (C=N–C) groups is 1. The van der Waals surface area contributed by atoms with Gasteiger partial charge in [-0.15, -0.1) is 0 Å². The maximum Gasteiger partial charge on any atom is 0.313 e. The summed E-state index contributed by atoms with van der Waals surface area (Å²) < 4.78 is 5.22. The van der Waals surface area contributed by atoms with Gasteiger partial charge >= 0.3 is 6.73 Å². The van der Waals surface area contributed by atoms with E-state index in [0.29, 0.717) is 12.6 Å². The second kappa shape index (κ2) is 2.54. The molecule has 2 aliphatic rings. The molecular weight excluding hydrogens is 126 g/mol. The topological polar surface area (TPSA) is 23.3 Å². The molecule has 0 bridgehead atoms. The lowest BCUT2D eigenvalue weighted by Gasteiger charge is -2.15. The lowest BCUT2D eigenvalue weighted by atomic mass is 9.93. The highest BCUT2D eigenvalue weighted by Crippen LogP contribution is 2.16. The van der Waals surface area contributed by atoms with Crippen molar-refractivity contribution in [3.05, 3.63) is 12.2 Å². The summed E-state index contributed by atoms with van der Waals surface area (Å²) in [5.41, 5.74) is 1.25. The summed E-state index contributed by atoms with van der Waals surface area (Å²) >= 11 is 0. The predicted octanol–water partition coefficient (Wildman–Crippen LogP) is 0.717. The van der Waals surface area contributed by atoms with E-state index in [1.54, 1.807) is 0 Å². The summed E-state index contributed by atoms with van der Waals surface area (Å²) in [5.74, 6) is 0.596. The van der Waals surface area contributed by atoms with Gasteiger partial charge in [0, 0.05) is 6.08 Å². The van der Waals surface area contributed by atoms with Gasteiger partial charge in [0.05, 0.1) is 17.5 Å². The molecular formula is C8H11NO+. The standard InChI is InChI=1S/C8H11NO/c1-2-4-8-7(3-1)5-10-6-9-8/h2,4,7H,1,3,5-6H2/q+1. The van der Waals surface area contributed by atoms with E-state index in [9.17, 15) is 0 Å². The van der Waals surface area contributed by atoms with Gasteiger partial charge in [-0.1, -0.05) is 6.08 Å². The van der Waals surface area contributed by atoms with E-state index in [1.807, 2.05) is 0 Å². The summed E-state index contributed by atoms with van der Waals surface area (Å²) in [6.07, 6.45) is 6.74. The Bertz CT molecular complexity index is 184. The van der Waals surface area contributed by atoms with Crippen molar-refractivity contribution in [2.45, 2.75) is 12.8 Å². The average molecular weight is 137 g/mol. The molecule has 0 aromatic rings. The Balaban J connectivity index is 2.21. The normalized spacial score (nSPS) is 31.2. The molecule has 0 fully saturated rings. The van der Waals surface area contributed by atoms with Crippen LogP contribution in [0.4, 0.5) is 0 Å². The van der Waals surface area contributed by atoms with Crippen LogP contribution in [0.5, 0.6) is 0 Å². The lowest BCUT2D eigenvalue weighted by molar-refractivity contribution is 0.0982. The van der Waals surface area contributed by atoms with Gasteiger partial charge < -0.3 is 4.74 Å². The van der Waals surface area contributed by atoms with Gasteiger partial charge in [-0.25, -0.2) is 0 Å². The highest BCUT2D eigenvalue weighted by molar-refractivity contribution is 5.96. The zero-order valence-corrected chi connectivity index (χ0v) is 5.92. The quantitative estimate of drug-likeness (QED) is 0.482. The average Bonchev–Trinajstić information content (AvgIpc) is 2.05. The zero-order valence-electron chi connectivity index (χ0n) is 5.92. The number of ether oxygens (including phenoxy) is 1. The molecule has 53 valence electrons. The molecule has 0 spiro atoms. The third-order valence-electron chi connectivity index (χ3n) is 2.05. The van der Waals surface area contributed by atoms with E-state index in [4.69, 9.17) is 4.74 Å². The number of hydrogen-bond donors (Lipinski definition) is 0. The van der Waals surface area contributed by atoms with Gasteiger partial charge in [-0.05, 0) is 12.8 Å². The molecule has 1 radical (unpaired) electrons.